The molecule has 2 rings (SSSR count). The average molecular weight is 288 g/mol. The Morgan fingerprint density at radius 2 is 1.85 bits per heavy atom. The second kappa shape index (κ2) is 5.63. The largest absolute Gasteiger partial charge is 0.332 e. The van der Waals surface area contributed by atoms with Gasteiger partial charge in [0.1, 0.15) is 0 Å². The van der Waals surface area contributed by atoms with Gasteiger partial charge in [0.05, 0.1) is 17.1 Å². The van der Waals surface area contributed by atoms with E-state index >= 15 is 0 Å². The van der Waals surface area contributed by atoms with Crippen molar-refractivity contribution in [1.29, 1.82) is 0 Å². The van der Waals surface area contributed by atoms with Crippen molar-refractivity contribution in [2.45, 2.75) is 27.7 Å². The second-order valence-corrected chi connectivity index (χ2v) is 5.40. The summed E-state index contributed by atoms with van der Waals surface area (Å²) in [6, 6.07) is 6.14. The van der Waals surface area contributed by atoms with E-state index in [1.54, 1.807) is 0 Å². The molecule has 0 bridgehead atoms. The topological polar surface area (TPSA) is 41.9 Å². The van der Waals surface area contributed by atoms with Crippen LogP contribution in [0.25, 0.3) is 0 Å². The standard InChI is InChI=1S/C15H20N4S/c1-9-7-6-8-13(10(9)2)16-15(20)17-14-11(3)18-19(5)12(14)4/h6-8H,1-5H3,(H2,16,17,20). The highest BCUT2D eigenvalue weighted by Gasteiger charge is 2.11. The molecule has 1 aromatic heterocycles. The van der Waals surface area contributed by atoms with Crippen LogP contribution in [0.1, 0.15) is 22.5 Å². The molecule has 0 unspecified atom stereocenters. The Kier molecular flexibility index (Phi) is 4.09. The summed E-state index contributed by atoms with van der Waals surface area (Å²) < 4.78 is 1.85. The number of anilines is 2. The van der Waals surface area contributed by atoms with Gasteiger partial charge in [0, 0.05) is 12.7 Å². The number of aromatic nitrogens is 2. The van der Waals surface area contributed by atoms with Crippen LogP contribution in [0.4, 0.5) is 11.4 Å². The van der Waals surface area contributed by atoms with E-state index in [0.717, 1.165) is 22.8 Å². The van der Waals surface area contributed by atoms with E-state index in [1.165, 1.54) is 11.1 Å². The lowest BCUT2D eigenvalue weighted by Crippen LogP contribution is -2.20. The quantitative estimate of drug-likeness (QED) is 0.830. The van der Waals surface area contributed by atoms with Gasteiger partial charge in [0.15, 0.2) is 5.11 Å². The lowest BCUT2D eigenvalue weighted by atomic mass is 10.1. The maximum atomic E-state index is 5.39. The smallest absolute Gasteiger partial charge is 0.175 e. The zero-order valence-corrected chi connectivity index (χ0v) is 13.4. The van der Waals surface area contributed by atoms with E-state index in [-0.39, 0.29) is 0 Å². The molecule has 2 N–H and O–H groups in total. The number of aryl methyl sites for hydroxylation is 3. The molecule has 2 aromatic rings. The molecule has 1 heterocycles. The first-order valence-electron chi connectivity index (χ1n) is 6.54. The molecule has 0 aliphatic rings. The molecule has 5 heteroatoms. The van der Waals surface area contributed by atoms with E-state index in [2.05, 4.69) is 35.6 Å². The molecular weight excluding hydrogens is 268 g/mol. The van der Waals surface area contributed by atoms with E-state index in [0.29, 0.717) is 5.11 Å². The molecule has 0 saturated heterocycles. The third kappa shape index (κ3) is 2.82. The fraction of sp³-hybridized carbons (Fsp3) is 0.333. The summed E-state index contributed by atoms with van der Waals surface area (Å²) in [7, 11) is 1.93. The summed E-state index contributed by atoms with van der Waals surface area (Å²) in [6.45, 7) is 8.16. The van der Waals surface area contributed by atoms with E-state index < -0.39 is 0 Å². The van der Waals surface area contributed by atoms with Gasteiger partial charge in [-0.2, -0.15) is 5.10 Å². The first-order chi connectivity index (χ1) is 9.40. The van der Waals surface area contributed by atoms with Crippen LogP contribution in [0.2, 0.25) is 0 Å². The molecular formula is C15H20N4S. The number of hydrogen-bond acceptors (Lipinski definition) is 2. The number of nitrogens with one attached hydrogen (secondary N) is 2. The number of thiocarbonyl (C=S) groups is 1. The molecule has 106 valence electrons. The molecule has 0 fully saturated rings. The summed E-state index contributed by atoms with van der Waals surface area (Å²) in [6.07, 6.45) is 0. The van der Waals surface area contributed by atoms with E-state index in [9.17, 15) is 0 Å². The molecule has 4 nitrogen and oxygen atoms in total. The summed E-state index contributed by atoms with van der Waals surface area (Å²) in [5.74, 6) is 0. The Hall–Kier alpha value is -1.88. The van der Waals surface area contributed by atoms with Gasteiger partial charge in [-0.1, -0.05) is 12.1 Å². The van der Waals surface area contributed by atoms with Crippen molar-refractivity contribution in [1.82, 2.24) is 9.78 Å². The van der Waals surface area contributed by atoms with Crippen LogP contribution in [0.5, 0.6) is 0 Å². The summed E-state index contributed by atoms with van der Waals surface area (Å²) >= 11 is 5.39. The predicted molar refractivity (Wildman–Crippen MR) is 88.4 cm³/mol. The molecule has 0 spiro atoms. The molecule has 0 atom stereocenters. The molecule has 0 amide bonds. The van der Waals surface area contributed by atoms with Gasteiger partial charge in [0.2, 0.25) is 0 Å². The highest BCUT2D eigenvalue weighted by molar-refractivity contribution is 7.80. The van der Waals surface area contributed by atoms with Crippen molar-refractivity contribution < 1.29 is 0 Å². The Labute approximate surface area is 125 Å². The average Bonchev–Trinajstić information content (AvgIpc) is 2.62. The van der Waals surface area contributed by atoms with Crippen LogP contribution < -0.4 is 10.6 Å². The molecule has 1 aromatic carbocycles. The first kappa shape index (κ1) is 14.5. The lowest BCUT2D eigenvalue weighted by molar-refractivity contribution is 0.731. The van der Waals surface area contributed by atoms with E-state index in [4.69, 9.17) is 12.2 Å². The van der Waals surface area contributed by atoms with E-state index in [1.807, 2.05) is 37.7 Å². The molecule has 0 radical (unpaired) electrons. The van der Waals surface area contributed by atoms with Crippen LogP contribution >= 0.6 is 12.2 Å². The Morgan fingerprint density at radius 1 is 1.15 bits per heavy atom. The van der Waals surface area contributed by atoms with Crippen LogP contribution in [-0.2, 0) is 7.05 Å². The van der Waals surface area contributed by atoms with Crippen molar-refractivity contribution in [3.8, 4) is 0 Å². The SMILES string of the molecule is Cc1cccc(NC(=S)Nc2c(C)nn(C)c2C)c1C. The maximum absolute atomic E-state index is 5.39. The number of nitrogens with zero attached hydrogens (tertiary/aromatic N) is 2. The number of benzene rings is 1. The zero-order valence-electron chi connectivity index (χ0n) is 12.5. The first-order valence-corrected chi connectivity index (χ1v) is 6.95. The van der Waals surface area contributed by atoms with Crippen molar-refractivity contribution >= 4 is 28.7 Å². The predicted octanol–water partition coefficient (Wildman–Crippen LogP) is 3.46. The van der Waals surface area contributed by atoms with Crippen molar-refractivity contribution in [2.24, 2.45) is 7.05 Å². The fourth-order valence-corrected chi connectivity index (χ4v) is 2.32. The fourth-order valence-electron chi connectivity index (χ4n) is 2.11. The van der Waals surface area contributed by atoms with Gasteiger partial charge in [-0.25, -0.2) is 0 Å². The van der Waals surface area contributed by atoms with Crippen LogP contribution in [0.3, 0.4) is 0 Å². The summed E-state index contributed by atoms with van der Waals surface area (Å²) in [5, 5.41) is 11.4. The second-order valence-electron chi connectivity index (χ2n) is 5.00. The van der Waals surface area contributed by atoms with Crippen molar-refractivity contribution in [3.63, 3.8) is 0 Å². The summed E-state index contributed by atoms with van der Waals surface area (Å²) in [5.41, 5.74) is 6.45. The molecule has 20 heavy (non-hydrogen) atoms. The zero-order chi connectivity index (χ0) is 14.9. The third-order valence-electron chi connectivity index (χ3n) is 3.60. The number of rotatable bonds is 2. The minimum atomic E-state index is 0.581. The molecule has 0 saturated carbocycles. The van der Waals surface area contributed by atoms with Gasteiger partial charge in [0.25, 0.3) is 0 Å². The van der Waals surface area contributed by atoms with Gasteiger partial charge in [-0.3, -0.25) is 4.68 Å². The van der Waals surface area contributed by atoms with Crippen LogP contribution in [0.15, 0.2) is 18.2 Å². The third-order valence-corrected chi connectivity index (χ3v) is 3.80. The monoisotopic (exact) mass is 288 g/mol. The van der Waals surface area contributed by atoms with Gasteiger partial charge >= 0.3 is 0 Å². The van der Waals surface area contributed by atoms with Gasteiger partial charge < -0.3 is 10.6 Å². The van der Waals surface area contributed by atoms with Gasteiger partial charge in [-0.05, 0) is 57.1 Å². The highest BCUT2D eigenvalue weighted by Crippen LogP contribution is 2.21. The minimum absolute atomic E-state index is 0.581. The Morgan fingerprint density at radius 3 is 2.45 bits per heavy atom. The minimum Gasteiger partial charge on any atom is -0.332 e. The van der Waals surface area contributed by atoms with Crippen LogP contribution in [-0.4, -0.2) is 14.9 Å². The maximum Gasteiger partial charge on any atom is 0.175 e. The van der Waals surface area contributed by atoms with Crippen molar-refractivity contribution in [2.75, 3.05) is 10.6 Å². The Bertz CT molecular complexity index is 658. The molecule has 0 aliphatic heterocycles. The van der Waals surface area contributed by atoms with Gasteiger partial charge in [-0.15, -0.1) is 0 Å². The van der Waals surface area contributed by atoms with Crippen molar-refractivity contribution in [3.05, 3.63) is 40.7 Å². The summed E-state index contributed by atoms with van der Waals surface area (Å²) in [4.78, 5) is 0. The number of hydrogen-bond donors (Lipinski definition) is 2. The molecule has 0 aliphatic carbocycles. The Balaban J connectivity index is 2.15. The lowest BCUT2D eigenvalue weighted by Gasteiger charge is -2.14. The highest BCUT2D eigenvalue weighted by atomic mass is 32.1. The van der Waals surface area contributed by atoms with Crippen LogP contribution in [0, 0.1) is 27.7 Å². The normalized spacial score (nSPS) is 10.4.